The predicted octanol–water partition coefficient (Wildman–Crippen LogP) is 3.76. The van der Waals surface area contributed by atoms with Gasteiger partial charge < -0.3 is 5.32 Å². The van der Waals surface area contributed by atoms with Crippen molar-refractivity contribution in [2.75, 3.05) is 5.32 Å². The monoisotopic (exact) mass is 300 g/mol. The minimum Gasteiger partial charge on any atom is -0.373 e. The molecular formula is C13H8F4N2O2. The molecule has 0 bridgehead atoms. The fourth-order valence-electron chi connectivity index (χ4n) is 1.73. The normalized spacial score (nSPS) is 10.5. The molecule has 0 atom stereocenters. The zero-order valence-electron chi connectivity index (χ0n) is 10.4. The quantitative estimate of drug-likeness (QED) is 0.531. The SMILES string of the molecule is O=[N+]([O-])c1cc(F)cc(F)c1NCc1ccc(F)cc1F. The van der Waals surface area contributed by atoms with Gasteiger partial charge in [0.1, 0.15) is 23.1 Å². The first kappa shape index (κ1) is 14.8. The summed E-state index contributed by atoms with van der Waals surface area (Å²) in [7, 11) is 0. The van der Waals surface area contributed by atoms with E-state index in [2.05, 4.69) is 5.32 Å². The Morgan fingerprint density at radius 2 is 1.67 bits per heavy atom. The second kappa shape index (κ2) is 5.78. The summed E-state index contributed by atoms with van der Waals surface area (Å²) in [5, 5.41) is 13.1. The van der Waals surface area contributed by atoms with E-state index in [0.717, 1.165) is 12.1 Å². The predicted molar refractivity (Wildman–Crippen MR) is 66.7 cm³/mol. The number of hydrogen-bond acceptors (Lipinski definition) is 3. The molecule has 0 aliphatic rings. The lowest BCUT2D eigenvalue weighted by Gasteiger charge is -2.09. The minimum absolute atomic E-state index is 0.0191. The molecule has 0 amide bonds. The van der Waals surface area contributed by atoms with Crippen molar-refractivity contribution in [1.82, 2.24) is 0 Å². The second-order valence-corrected chi connectivity index (χ2v) is 4.13. The van der Waals surface area contributed by atoms with Crippen LogP contribution in [0.2, 0.25) is 0 Å². The van der Waals surface area contributed by atoms with Crippen molar-refractivity contribution in [3.63, 3.8) is 0 Å². The van der Waals surface area contributed by atoms with E-state index in [0.29, 0.717) is 18.2 Å². The van der Waals surface area contributed by atoms with Crippen molar-refractivity contribution < 1.29 is 22.5 Å². The Kier molecular flexibility index (Phi) is 4.06. The highest BCUT2D eigenvalue weighted by atomic mass is 19.1. The van der Waals surface area contributed by atoms with Crippen LogP contribution < -0.4 is 5.32 Å². The molecule has 0 saturated heterocycles. The van der Waals surface area contributed by atoms with Crippen molar-refractivity contribution in [2.45, 2.75) is 6.54 Å². The van der Waals surface area contributed by atoms with Crippen molar-refractivity contribution in [3.05, 3.63) is 69.3 Å². The van der Waals surface area contributed by atoms with Crippen LogP contribution >= 0.6 is 0 Å². The zero-order chi connectivity index (χ0) is 15.6. The topological polar surface area (TPSA) is 55.2 Å². The van der Waals surface area contributed by atoms with Crippen LogP contribution in [0.4, 0.5) is 28.9 Å². The highest BCUT2D eigenvalue weighted by Gasteiger charge is 2.20. The highest BCUT2D eigenvalue weighted by molar-refractivity contribution is 5.62. The van der Waals surface area contributed by atoms with Crippen LogP contribution in [0.3, 0.4) is 0 Å². The molecular weight excluding hydrogens is 292 g/mol. The summed E-state index contributed by atoms with van der Waals surface area (Å²) in [4.78, 5) is 9.79. The third-order valence-electron chi connectivity index (χ3n) is 2.70. The maximum Gasteiger partial charge on any atom is 0.298 e. The van der Waals surface area contributed by atoms with E-state index in [-0.39, 0.29) is 12.1 Å². The van der Waals surface area contributed by atoms with Gasteiger partial charge in [-0.2, -0.15) is 0 Å². The summed E-state index contributed by atoms with van der Waals surface area (Å²) in [6, 6.07) is 3.76. The minimum atomic E-state index is -1.18. The molecule has 0 saturated carbocycles. The van der Waals surface area contributed by atoms with E-state index in [1.807, 2.05) is 0 Å². The third kappa shape index (κ3) is 3.28. The van der Waals surface area contributed by atoms with Gasteiger partial charge in [-0.15, -0.1) is 0 Å². The van der Waals surface area contributed by atoms with E-state index in [9.17, 15) is 27.7 Å². The van der Waals surface area contributed by atoms with Gasteiger partial charge in [0.25, 0.3) is 5.69 Å². The van der Waals surface area contributed by atoms with Crippen molar-refractivity contribution in [1.29, 1.82) is 0 Å². The second-order valence-electron chi connectivity index (χ2n) is 4.13. The first-order chi connectivity index (χ1) is 9.88. The van der Waals surface area contributed by atoms with Crippen LogP contribution in [-0.4, -0.2) is 4.92 Å². The summed E-state index contributed by atoms with van der Waals surface area (Å²) in [5.41, 5.74) is -1.39. The Bertz CT molecular complexity index is 707. The Hall–Kier alpha value is -2.64. The van der Waals surface area contributed by atoms with Crippen LogP contribution in [0.1, 0.15) is 5.56 Å². The molecule has 0 aromatic heterocycles. The molecule has 1 N–H and O–H groups in total. The molecule has 21 heavy (non-hydrogen) atoms. The molecule has 0 fully saturated rings. The van der Waals surface area contributed by atoms with Gasteiger partial charge in [0.05, 0.1) is 11.0 Å². The molecule has 2 aromatic carbocycles. The van der Waals surface area contributed by atoms with E-state index < -0.39 is 39.6 Å². The molecule has 0 radical (unpaired) electrons. The van der Waals surface area contributed by atoms with E-state index >= 15 is 0 Å². The lowest BCUT2D eigenvalue weighted by atomic mass is 10.2. The summed E-state index contributed by atoms with van der Waals surface area (Å²) in [5.74, 6) is -3.94. The Labute approximate surface area is 116 Å². The lowest BCUT2D eigenvalue weighted by Crippen LogP contribution is -2.07. The Morgan fingerprint density at radius 1 is 1.00 bits per heavy atom. The molecule has 2 rings (SSSR count). The van der Waals surface area contributed by atoms with Gasteiger partial charge in [0.15, 0.2) is 5.82 Å². The number of anilines is 1. The van der Waals surface area contributed by atoms with Gasteiger partial charge in [-0.25, -0.2) is 17.6 Å². The first-order valence-corrected chi connectivity index (χ1v) is 5.69. The highest BCUT2D eigenvalue weighted by Crippen LogP contribution is 2.29. The van der Waals surface area contributed by atoms with Gasteiger partial charge in [-0.3, -0.25) is 10.1 Å². The molecule has 0 heterocycles. The molecule has 2 aromatic rings. The maximum atomic E-state index is 13.6. The maximum absolute atomic E-state index is 13.6. The van der Waals surface area contributed by atoms with E-state index in [1.54, 1.807) is 0 Å². The molecule has 0 unspecified atom stereocenters. The van der Waals surface area contributed by atoms with Gasteiger partial charge >= 0.3 is 0 Å². The lowest BCUT2D eigenvalue weighted by molar-refractivity contribution is -0.384. The van der Waals surface area contributed by atoms with Gasteiger partial charge in [-0.1, -0.05) is 6.07 Å². The third-order valence-corrected chi connectivity index (χ3v) is 2.70. The number of halogens is 4. The number of rotatable bonds is 4. The fourth-order valence-corrected chi connectivity index (χ4v) is 1.73. The number of benzene rings is 2. The summed E-state index contributed by atoms with van der Waals surface area (Å²) in [6.45, 7) is -0.324. The number of nitro benzene ring substituents is 1. The summed E-state index contributed by atoms with van der Waals surface area (Å²) in [6.07, 6.45) is 0. The van der Waals surface area contributed by atoms with Crippen LogP contribution in [0.5, 0.6) is 0 Å². The molecule has 4 nitrogen and oxygen atoms in total. The van der Waals surface area contributed by atoms with Crippen LogP contribution in [-0.2, 0) is 6.54 Å². The Morgan fingerprint density at radius 3 is 2.29 bits per heavy atom. The number of nitrogens with one attached hydrogen (secondary N) is 1. The Balaban J connectivity index is 2.29. The number of hydrogen-bond donors (Lipinski definition) is 1. The van der Waals surface area contributed by atoms with Crippen LogP contribution in [0.25, 0.3) is 0 Å². The molecule has 0 aliphatic carbocycles. The first-order valence-electron chi connectivity index (χ1n) is 5.69. The molecule has 0 aliphatic heterocycles. The van der Waals surface area contributed by atoms with Gasteiger partial charge in [0.2, 0.25) is 0 Å². The average Bonchev–Trinajstić information content (AvgIpc) is 2.38. The van der Waals surface area contributed by atoms with Gasteiger partial charge in [0, 0.05) is 24.2 Å². The summed E-state index contributed by atoms with van der Waals surface area (Å²) >= 11 is 0. The van der Waals surface area contributed by atoms with Crippen LogP contribution in [0, 0.1) is 33.4 Å². The van der Waals surface area contributed by atoms with E-state index in [1.165, 1.54) is 0 Å². The van der Waals surface area contributed by atoms with E-state index in [4.69, 9.17) is 0 Å². The van der Waals surface area contributed by atoms with Crippen LogP contribution in [0.15, 0.2) is 30.3 Å². The molecule has 8 heteroatoms. The average molecular weight is 300 g/mol. The van der Waals surface area contributed by atoms with Crippen molar-refractivity contribution in [3.8, 4) is 0 Å². The standard InChI is InChI=1S/C13H8F4N2O2/c14-8-2-1-7(10(16)3-8)6-18-13-11(17)4-9(15)5-12(13)19(20)21/h1-5,18H,6H2. The number of nitrogens with zero attached hydrogens (tertiary/aromatic N) is 1. The van der Waals surface area contributed by atoms with Crippen molar-refractivity contribution in [2.24, 2.45) is 0 Å². The van der Waals surface area contributed by atoms with Crippen molar-refractivity contribution >= 4 is 11.4 Å². The molecule has 0 spiro atoms. The summed E-state index contributed by atoms with van der Waals surface area (Å²) < 4.78 is 52.7. The number of nitro groups is 1. The smallest absolute Gasteiger partial charge is 0.298 e. The fraction of sp³-hybridized carbons (Fsp3) is 0.0769. The largest absolute Gasteiger partial charge is 0.373 e. The molecule has 110 valence electrons. The zero-order valence-corrected chi connectivity index (χ0v) is 10.4. The van der Waals surface area contributed by atoms with Gasteiger partial charge in [-0.05, 0) is 6.07 Å².